The molecule has 0 amide bonds. The van der Waals surface area contributed by atoms with Gasteiger partial charge in [0, 0.05) is 13.1 Å². The van der Waals surface area contributed by atoms with E-state index in [0.29, 0.717) is 6.61 Å². The molecule has 4 saturated heterocycles. The highest BCUT2D eigenvalue weighted by Gasteiger charge is 2.60. The molecule has 0 bridgehead atoms. The number of nitrogens with zero attached hydrogens (tertiary/aromatic N) is 1. The fourth-order valence-corrected chi connectivity index (χ4v) is 4.00. The van der Waals surface area contributed by atoms with Crippen LogP contribution in [0.1, 0.15) is 47.0 Å². The number of hydroxylamine groups is 2. The van der Waals surface area contributed by atoms with Crippen LogP contribution in [-0.4, -0.2) is 67.0 Å². The van der Waals surface area contributed by atoms with E-state index in [2.05, 4.69) is 0 Å². The molecule has 0 spiro atoms. The van der Waals surface area contributed by atoms with Crippen LogP contribution in [0, 0.1) is 0 Å². The van der Waals surface area contributed by atoms with Crippen molar-refractivity contribution in [3.8, 4) is 0 Å². The molecule has 4 aliphatic rings. The molecule has 138 valence electrons. The second-order valence-corrected chi connectivity index (χ2v) is 7.99. The van der Waals surface area contributed by atoms with E-state index in [4.69, 9.17) is 28.5 Å². The summed E-state index contributed by atoms with van der Waals surface area (Å²) in [6.07, 6.45) is 2.24. The van der Waals surface area contributed by atoms with E-state index in [-0.39, 0.29) is 24.4 Å². The van der Waals surface area contributed by atoms with Crippen LogP contribution in [0.2, 0.25) is 0 Å². The summed E-state index contributed by atoms with van der Waals surface area (Å²) < 4.78 is 30.2. The SMILES string of the molecule is CC1(C)OC2C(CON3CCCCC3)O[C@H]3OC(C)(C)OC3C2O1. The van der Waals surface area contributed by atoms with E-state index in [9.17, 15) is 0 Å². The summed E-state index contributed by atoms with van der Waals surface area (Å²) in [7, 11) is 0. The maximum absolute atomic E-state index is 6.14. The lowest BCUT2D eigenvalue weighted by Gasteiger charge is -2.38. The zero-order valence-corrected chi connectivity index (χ0v) is 15.0. The van der Waals surface area contributed by atoms with Gasteiger partial charge in [-0.2, -0.15) is 5.06 Å². The van der Waals surface area contributed by atoms with Gasteiger partial charge in [0.15, 0.2) is 17.9 Å². The lowest BCUT2D eigenvalue weighted by atomic mass is 9.99. The molecule has 4 aliphatic heterocycles. The van der Waals surface area contributed by atoms with Gasteiger partial charge < -0.3 is 23.7 Å². The Kier molecular flexibility index (Phi) is 4.40. The maximum atomic E-state index is 6.14. The third kappa shape index (κ3) is 3.35. The molecule has 0 N–H and O–H groups in total. The predicted molar refractivity (Wildman–Crippen MR) is 83.9 cm³/mol. The van der Waals surface area contributed by atoms with E-state index in [1.807, 2.05) is 32.8 Å². The van der Waals surface area contributed by atoms with Gasteiger partial charge >= 0.3 is 0 Å². The van der Waals surface area contributed by atoms with Crippen molar-refractivity contribution in [2.24, 2.45) is 0 Å². The summed E-state index contributed by atoms with van der Waals surface area (Å²) in [5.74, 6) is -1.34. The van der Waals surface area contributed by atoms with Crippen molar-refractivity contribution in [3.05, 3.63) is 0 Å². The quantitative estimate of drug-likeness (QED) is 0.774. The van der Waals surface area contributed by atoms with Gasteiger partial charge in [0.2, 0.25) is 0 Å². The summed E-state index contributed by atoms with van der Waals surface area (Å²) >= 11 is 0. The van der Waals surface area contributed by atoms with Crippen molar-refractivity contribution in [1.29, 1.82) is 0 Å². The molecule has 0 radical (unpaired) electrons. The second-order valence-electron chi connectivity index (χ2n) is 7.99. The molecule has 0 aromatic rings. The lowest BCUT2D eigenvalue weighted by molar-refractivity contribution is -0.268. The summed E-state index contributed by atoms with van der Waals surface area (Å²) in [6.45, 7) is 10.0. The fourth-order valence-electron chi connectivity index (χ4n) is 4.00. The van der Waals surface area contributed by atoms with E-state index in [1.54, 1.807) is 0 Å². The molecular formula is C17H29NO6. The van der Waals surface area contributed by atoms with E-state index < -0.39 is 17.9 Å². The molecule has 0 aliphatic carbocycles. The Morgan fingerprint density at radius 3 is 2.21 bits per heavy atom. The molecule has 4 fully saturated rings. The Morgan fingerprint density at radius 1 is 0.833 bits per heavy atom. The second kappa shape index (κ2) is 6.16. The number of hydrogen-bond acceptors (Lipinski definition) is 7. The number of fused-ring (bicyclic) bond motifs is 3. The number of piperidine rings is 1. The van der Waals surface area contributed by atoms with Gasteiger partial charge in [0.05, 0.1) is 6.61 Å². The Labute approximate surface area is 143 Å². The first kappa shape index (κ1) is 17.1. The number of ether oxygens (including phenoxy) is 5. The van der Waals surface area contributed by atoms with Crippen LogP contribution in [0.15, 0.2) is 0 Å². The molecule has 7 heteroatoms. The van der Waals surface area contributed by atoms with Crippen LogP contribution in [0.5, 0.6) is 0 Å². The minimum atomic E-state index is -0.682. The average molecular weight is 343 g/mol. The largest absolute Gasteiger partial charge is 0.342 e. The van der Waals surface area contributed by atoms with Gasteiger partial charge in [-0.15, -0.1) is 0 Å². The first-order valence-corrected chi connectivity index (χ1v) is 9.08. The Morgan fingerprint density at radius 2 is 1.46 bits per heavy atom. The van der Waals surface area contributed by atoms with Crippen LogP contribution in [0.3, 0.4) is 0 Å². The van der Waals surface area contributed by atoms with E-state index >= 15 is 0 Å². The summed E-state index contributed by atoms with van der Waals surface area (Å²) in [4.78, 5) is 5.98. The highest BCUT2D eigenvalue weighted by atomic mass is 16.9. The number of rotatable bonds is 3. The molecule has 0 saturated carbocycles. The minimum Gasteiger partial charge on any atom is -0.342 e. The van der Waals surface area contributed by atoms with Gasteiger partial charge in [-0.3, -0.25) is 4.84 Å². The van der Waals surface area contributed by atoms with Crippen molar-refractivity contribution < 1.29 is 28.5 Å². The highest BCUT2D eigenvalue weighted by molar-refractivity contribution is 5.00. The molecule has 7 nitrogen and oxygen atoms in total. The molecule has 4 rings (SSSR count). The van der Waals surface area contributed by atoms with Crippen LogP contribution in [0.25, 0.3) is 0 Å². The molecule has 5 atom stereocenters. The van der Waals surface area contributed by atoms with Gasteiger partial charge in [-0.1, -0.05) is 6.42 Å². The summed E-state index contributed by atoms with van der Waals surface area (Å²) in [6, 6.07) is 0. The molecule has 4 heterocycles. The van der Waals surface area contributed by atoms with Crippen molar-refractivity contribution in [2.45, 2.75) is 89.2 Å². The highest BCUT2D eigenvalue weighted by Crippen LogP contribution is 2.44. The van der Waals surface area contributed by atoms with Crippen LogP contribution in [-0.2, 0) is 28.5 Å². The Balaban J connectivity index is 1.45. The van der Waals surface area contributed by atoms with Gasteiger partial charge in [-0.05, 0) is 40.5 Å². The van der Waals surface area contributed by atoms with Crippen LogP contribution < -0.4 is 0 Å². The van der Waals surface area contributed by atoms with Crippen LogP contribution >= 0.6 is 0 Å². The minimum absolute atomic E-state index is 0.213. The summed E-state index contributed by atoms with van der Waals surface area (Å²) in [5, 5.41) is 2.03. The van der Waals surface area contributed by atoms with Crippen molar-refractivity contribution in [2.75, 3.05) is 19.7 Å². The fraction of sp³-hybridized carbons (Fsp3) is 1.00. The van der Waals surface area contributed by atoms with Crippen LogP contribution in [0.4, 0.5) is 0 Å². The Hall–Kier alpha value is -0.280. The normalized spacial score (nSPS) is 44.2. The molecule has 0 aromatic heterocycles. The number of hydrogen-bond donors (Lipinski definition) is 0. The topological polar surface area (TPSA) is 58.6 Å². The van der Waals surface area contributed by atoms with E-state index in [0.717, 1.165) is 13.1 Å². The van der Waals surface area contributed by atoms with E-state index in [1.165, 1.54) is 19.3 Å². The third-order valence-electron chi connectivity index (χ3n) is 4.99. The Bertz CT molecular complexity index is 464. The van der Waals surface area contributed by atoms with Crippen molar-refractivity contribution >= 4 is 0 Å². The van der Waals surface area contributed by atoms with Gasteiger partial charge in [-0.25, -0.2) is 0 Å². The molecule has 0 aromatic carbocycles. The van der Waals surface area contributed by atoms with Crippen molar-refractivity contribution in [3.63, 3.8) is 0 Å². The predicted octanol–water partition coefficient (Wildman–Crippen LogP) is 1.80. The summed E-state index contributed by atoms with van der Waals surface area (Å²) in [5.41, 5.74) is 0. The molecule has 24 heavy (non-hydrogen) atoms. The molecule has 4 unspecified atom stereocenters. The molecular weight excluding hydrogens is 314 g/mol. The first-order valence-electron chi connectivity index (χ1n) is 9.08. The smallest absolute Gasteiger partial charge is 0.190 e. The van der Waals surface area contributed by atoms with Crippen molar-refractivity contribution in [1.82, 2.24) is 5.06 Å². The lowest BCUT2D eigenvalue weighted by Crippen LogP contribution is -2.56. The maximum Gasteiger partial charge on any atom is 0.190 e. The van der Waals surface area contributed by atoms with Gasteiger partial charge in [0.25, 0.3) is 0 Å². The first-order chi connectivity index (χ1) is 11.3. The van der Waals surface area contributed by atoms with Gasteiger partial charge in [0.1, 0.15) is 24.4 Å². The zero-order valence-electron chi connectivity index (χ0n) is 15.0. The third-order valence-corrected chi connectivity index (χ3v) is 4.99. The standard InChI is InChI=1S/C17H29NO6/c1-16(2)21-12-11(10-19-18-8-6-5-7-9-18)20-15-14(13(12)22-16)23-17(3,4)24-15/h11-15H,5-10H2,1-4H3/t11?,12?,13?,14?,15-/m0/s1. The average Bonchev–Trinajstić information content (AvgIpc) is 3.00. The zero-order chi connectivity index (χ0) is 16.9. The monoisotopic (exact) mass is 343 g/mol.